The average Bonchev–Trinajstić information content (AvgIpc) is 2.36. The Morgan fingerprint density at radius 1 is 1.39 bits per heavy atom. The SMILES string of the molecule is CCC(C)N(CC(=O)O)C(=O)CC1CCOCC1. The normalized spacial score (nSPS) is 18.3. The van der Waals surface area contributed by atoms with Crippen molar-refractivity contribution in [3.63, 3.8) is 0 Å². The van der Waals surface area contributed by atoms with Gasteiger partial charge in [-0.1, -0.05) is 6.92 Å². The van der Waals surface area contributed by atoms with Gasteiger partial charge in [0.15, 0.2) is 0 Å². The predicted octanol–water partition coefficient (Wildman–Crippen LogP) is 1.51. The van der Waals surface area contributed by atoms with E-state index in [1.807, 2.05) is 13.8 Å². The molecule has 1 aliphatic rings. The first-order valence-electron chi connectivity index (χ1n) is 6.63. The molecule has 1 heterocycles. The van der Waals surface area contributed by atoms with E-state index in [2.05, 4.69) is 0 Å². The number of aliphatic carboxylic acids is 1. The Labute approximate surface area is 108 Å². The molecule has 5 nitrogen and oxygen atoms in total. The number of amides is 1. The minimum absolute atomic E-state index is 0.0200. The van der Waals surface area contributed by atoms with Gasteiger partial charge in [0.25, 0.3) is 0 Å². The summed E-state index contributed by atoms with van der Waals surface area (Å²) in [5.41, 5.74) is 0. The van der Waals surface area contributed by atoms with Crippen molar-refractivity contribution >= 4 is 11.9 Å². The number of rotatable bonds is 6. The minimum atomic E-state index is -0.948. The first-order valence-corrected chi connectivity index (χ1v) is 6.63. The van der Waals surface area contributed by atoms with E-state index in [9.17, 15) is 9.59 Å². The lowest BCUT2D eigenvalue weighted by Crippen LogP contribution is -2.42. The number of ether oxygens (including phenoxy) is 1. The lowest BCUT2D eigenvalue weighted by molar-refractivity contribution is -0.146. The van der Waals surface area contributed by atoms with Crippen molar-refractivity contribution in [2.45, 2.75) is 45.6 Å². The van der Waals surface area contributed by atoms with E-state index in [1.165, 1.54) is 4.90 Å². The average molecular weight is 257 g/mol. The highest BCUT2D eigenvalue weighted by Gasteiger charge is 2.25. The highest BCUT2D eigenvalue weighted by atomic mass is 16.5. The Bertz CT molecular complexity index is 287. The Morgan fingerprint density at radius 2 is 2.00 bits per heavy atom. The molecule has 1 saturated heterocycles. The molecule has 1 atom stereocenters. The Balaban J connectivity index is 2.54. The van der Waals surface area contributed by atoms with Gasteiger partial charge in [-0.05, 0) is 32.1 Å². The number of carboxylic acids is 1. The summed E-state index contributed by atoms with van der Waals surface area (Å²) in [7, 11) is 0. The maximum Gasteiger partial charge on any atom is 0.323 e. The lowest BCUT2D eigenvalue weighted by atomic mass is 9.95. The van der Waals surface area contributed by atoms with Gasteiger partial charge in [-0.25, -0.2) is 0 Å². The van der Waals surface area contributed by atoms with Crippen molar-refractivity contribution < 1.29 is 19.4 Å². The number of nitrogens with zero attached hydrogens (tertiary/aromatic N) is 1. The molecule has 0 saturated carbocycles. The largest absolute Gasteiger partial charge is 0.480 e. The van der Waals surface area contributed by atoms with Crippen LogP contribution in [0.4, 0.5) is 0 Å². The van der Waals surface area contributed by atoms with Crippen molar-refractivity contribution in [1.82, 2.24) is 4.90 Å². The zero-order valence-electron chi connectivity index (χ0n) is 11.2. The number of carbonyl (C=O) groups excluding carboxylic acids is 1. The molecule has 0 aromatic rings. The molecule has 0 bridgehead atoms. The Morgan fingerprint density at radius 3 is 2.50 bits per heavy atom. The van der Waals surface area contributed by atoms with Crippen LogP contribution in [-0.4, -0.2) is 47.7 Å². The molecular formula is C13H23NO4. The fourth-order valence-corrected chi connectivity index (χ4v) is 2.17. The molecule has 5 heteroatoms. The zero-order chi connectivity index (χ0) is 13.5. The molecular weight excluding hydrogens is 234 g/mol. The molecule has 0 spiro atoms. The third-order valence-electron chi connectivity index (χ3n) is 3.55. The van der Waals surface area contributed by atoms with Crippen LogP contribution in [0.2, 0.25) is 0 Å². The van der Waals surface area contributed by atoms with Crippen LogP contribution in [0.5, 0.6) is 0 Å². The van der Waals surface area contributed by atoms with Gasteiger partial charge in [0.05, 0.1) is 0 Å². The third-order valence-corrected chi connectivity index (χ3v) is 3.55. The van der Waals surface area contributed by atoms with Crippen molar-refractivity contribution in [2.75, 3.05) is 19.8 Å². The second-order valence-corrected chi connectivity index (χ2v) is 4.93. The van der Waals surface area contributed by atoms with Crippen molar-refractivity contribution in [3.8, 4) is 0 Å². The van der Waals surface area contributed by atoms with Gasteiger partial charge in [-0.3, -0.25) is 9.59 Å². The van der Waals surface area contributed by atoms with Gasteiger partial charge in [-0.15, -0.1) is 0 Å². The molecule has 0 aliphatic carbocycles. The van der Waals surface area contributed by atoms with Crippen molar-refractivity contribution in [1.29, 1.82) is 0 Å². The molecule has 0 aromatic carbocycles. The molecule has 1 amide bonds. The van der Waals surface area contributed by atoms with Gasteiger partial charge in [0.2, 0.25) is 5.91 Å². The highest BCUT2D eigenvalue weighted by molar-refractivity contribution is 5.81. The number of hydrogen-bond acceptors (Lipinski definition) is 3. The van der Waals surface area contributed by atoms with E-state index in [0.717, 1.165) is 19.3 Å². The van der Waals surface area contributed by atoms with E-state index >= 15 is 0 Å². The summed E-state index contributed by atoms with van der Waals surface area (Å²) in [6, 6.07) is -0.0200. The zero-order valence-corrected chi connectivity index (χ0v) is 11.2. The summed E-state index contributed by atoms with van der Waals surface area (Å²) >= 11 is 0. The molecule has 1 aliphatic heterocycles. The van der Waals surface area contributed by atoms with Crippen molar-refractivity contribution in [3.05, 3.63) is 0 Å². The van der Waals surface area contributed by atoms with E-state index in [0.29, 0.717) is 25.6 Å². The first kappa shape index (κ1) is 15.0. The molecule has 1 unspecified atom stereocenters. The second kappa shape index (κ2) is 7.36. The van der Waals surface area contributed by atoms with E-state index < -0.39 is 5.97 Å². The summed E-state index contributed by atoms with van der Waals surface area (Å²) in [6.07, 6.45) is 3.01. The Hall–Kier alpha value is -1.10. The monoisotopic (exact) mass is 257 g/mol. The number of hydrogen-bond donors (Lipinski definition) is 1. The van der Waals surface area contributed by atoms with E-state index in [1.54, 1.807) is 0 Å². The van der Waals surface area contributed by atoms with E-state index in [-0.39, 0.29) is 18.5 Å². The predicted molar refractivity (Wildman–Crippen MR) is 67.3 cm³/mol. The maximum absolute atomic E-state index is 12.2. The van der Waals surface area contributed by atoms with Gasteiger partial charge in [0.1, 0.15) is 6.54 Å². The van der Waals surface area contributed by atoms with Crippen LogP contribution in [0.3, 0.4) is 0 Å². The second-order valence-electron chi connectivity index (χ2n) is 4.93. The molecule has 0 radical (unpaired) electrons. The van der Waals surface area contributed by atoms with Crippen LogP contribution in [0.25, 0.3) is 0 Å². The third kappa shape index (κ3) is 4.64. The van der Waals surface area contributed by atoms with Crippen LogP contribution < -0.4 is 0 Å². The molecule has 1 rings (SSSR count). The van der Waals surface area contributed by atoms with E-state index in [4.69, 9.17) is 9.84 Å². The van der Waals surface area contributed by atoms with Gasteiger partial charge in [-0.2, -0.15) is 0 Å². The van der Waals surface area contributed by atoms with Crippen LogP contribution in [0.15, 0.2) is 0 Å². The lowest BCUT2D eigenvalue weighted by Gasteiger charge is -2.29. The fraction of sp³-hybridized carbons (Fsp3) is 0.846. The van der Waals surface area contributed by atoms with Crippen LogP contribution in [0.1, 0.15) is 39.5 Å². The summed E-state index contributed by atoms with van der Waals surface area (Å²) < 4.78 is 5.26. The molecule has 1 fully saturated rings. The summed E-state index contributed by atoms with van der Waals surface area (Å²) in [5, 5.41) is 8.87. The molecule has 1 N–H and O–H groups in total. The van der Waals surface area contributed by atoms with Crippen LogP contribution in [-0.2, 0) is 14.3 Å². The molecule has 0 aromatic heterocycles. The standard InChI is InChI=1S/C13H23NO4/c1-3-10(2)14(9-13(16)17)12(15)8-11-4-6-18-7-5-11/h10-11H,3-9H2,1-2H3,(H,16,17). The first-order chi connectivity index (χ1) is 8.54. The highest BCUT2D eigenvalue weighted by Crippen LogP contribution is 2.20. The summed E-state index contributed by atoms with van der Waals surface area (Å²) in [5.74, 6) is -0.652. The quantitative estimate of drug-likeness (QED) is 0.783. The van der Waals surface area contributed by atoms with Gasteiger partial charge >= 0.3 is 5.97 Å². The summed E-state index contributed by atoms with van der Waals surface area (Å²) in [4.78, 5) is 24.5. The molecule has 104 valence electrons. The van der Waals surface area contributed by atoms with Crippen molar-refractivity contribution in [2.24, 2.45) is 5.92 Å². The topological polar surface area (TPSA) is 66.8 Å². The van der Waals surface area contributed by atoms with Crippen LogP contribution in [0, 0.1) is 5.92 Å². The fourth-order valence-electron chi connectivity index (χ4n) is 2.17. The maximum atomic E-state index is 12.2. The van der Waals surface area contributed by atoms with Gasteiger partial charge in [0, 0.05) is 25.7 Å². The smallest absolute Gasteiger partial charge is 0.323 e. The summed E-state index contributed by atoms with van der Waals surface area (Å²) in [6.45, 7) is 5.07. The van der Waals surface area contributed by atoms with Gasteiger partial charge < -0.3 is 14.7 Å². The number of carboxylic acid groups (broad SMARTS) is 1. The Kier molecular flexibility index (Phi) is 6.12. The molecule has 18 heavy (non-hydrogen) atoms. The number of carbonyl (C=O) groups is 2. The minimum Gasteiger partial charge on any atom is -0.480 e. The van der Waals surface area contributed by atoms with Crippen LogP contribution >= 0.6 is 0 Å².